The zero-order valence-electron chi connectivity index (χ0n) is 10.9. The molecule has 1 aliphatic rings. The summed E-state index contributed by atoms with van der Waals surface area (Å²) in [6.45, 7) is 1.78. The number of halogens is 1. The van der Waals surface area contributed by atoms with Crippen molar-refractivity contribution in [1.82, 2.24) is 19.9 Å². The van der Waals surface area contributed by atoms with Crippen LogP contribution in [0.2, 0.25) is 0 Å². The van der Waals surface area contributed by atoms with E-state index in [0.29, 0.717) is 12.0 Å². The average Bonchev–Trinajstić information content (AvgIpc) is 2.93. The minimum absolute atomic E-state index is 0.344. The summed E-state index contributed by atoms with van der Waals surface area (Å²) in [5, 5.41) is 5.37. The Balaban J connectivity index is 1.45. The summed E-state index contributed by atoms with van der Waals surface area (Å²) < 4.78 is 2.03. The first-order chi connectivity index (χ1) is 10.3. The number of thiophene rings is 1. The molecular weight excluding hydrogens is 352 g/mol. The van der Waals surface area contributed by atoms with Crippen molar-refractivity contribution in [1.29, 1.82) is 0 Å². The number of anilines is 2. The normalized spacial score (nSPS) is 15.2. The highest BCUT2D eigenvalue weighted by molar-refractivity contribution is 9.10. The number of aromatic nitrogens is 4. The van der Waals surface area contributed by atoms with Gasteiger partial charge in [-0.1, -0.05) is 0 Å². The van der Waals surface area contributed by atoms with Gasteiger partial charge in [0.1, 0.15) is 12.1 Å². The molecule has 0 saturated carbocycles. The second-order valence-corrected chi connectivity index (χ2v) is 6.64. The van der Waals surface area contributed by atoms with E-state index < -0.39 is 0 Å². The minimum Gasteiger partial charge on any atom is -0.351 e. The molecule has 3 aromatic heterocycles. The molecule has 0 aromatic carbocycles. The van der Waals surface area contributed by atoms with Gasteiger partial charge in [0.05, 0.1) is 20.7 Å². The quantitative estimate of drug-likeness (QED) is 0.772. The zero-order valence-corrected chi connectivity index (χ0v) is 13.3. The number of fused-ring (bicyclic) bond motifs is 1. The molecule has 106 valence electrons. The van der Waals surface area contributed by atoms with Crippen LogP contribution in [0, 0.1) is 0 Å². The summed E-state index contributed by atoms with van der Waals surface area (Å²) in [6.07, 6.45) is 5.11. The zero-order chi connectivity index (χ0) is 14.2. The molecule has 1 aliphatic heterocycles. The highest BCUT2D eigenvalue weighted by atomic mass is 79.9. The lowest BCUT2D eigenvalue weighted by Crippen LogP contribution is -2.55. The van der Waals surface area contributed by atoms with E-state index >= 15 is 0 Å². The Morgan fingerprint density at radius 1 is 1.19 bits per heavy atom. The summed E-state index contributed by atoms with van der Waals surface area (Å²) in [5.74, 6) is 1.68. The van der Waals surface area contributed by atoms with Crippen molar-refractivity contribution in [3.05, 3.63) is 34.6 Å². The molecule has 6 nitrogen and oxygen atoms in total. The van der Waals surface area contributed by atoms with Crippen LogP contribution in [0.3, 0.4) is 0 Å². The molecule has 0 unspecified atom stereocenters. The number of nitrogens with one attached hydrogen (secondary N) is 1. The van der Waals surface area contributed by atoms with Crippen molar-refractivity contribution >= 4 is 49.2 Å². The largest absolute Gasteiger partial charge is 0.351 e. The Kier molecular flexibility index (Phi) is 3.19. The molecule has 0 amide bonds. The topological polar surface area (TPSA) is 66.8 Å². The van der Waals surface area contributed by atoms with Crippen LogP contribution < -0.4 is 10.2 Å². The first-order valence-electron chi connectivity index (χ1n) is 6.47. The fraction of sp³-hybridized carbons (Fsp3) is 0.231. The monoisotopic (exact) mass is 362 g/mol. The number of hydrogen-bond acceptors (Lipinski definition) is 7. The molecule has 0 aliphatic carbocycles. The van der Waals surface area contributed by atoms with E-state index in [9.17, 15) is 0 Å². The molecular formula is C13H11BrN6S. The average molecular weight is 363 g/mol. The lowest BCUT2D eigenvalue weighted by Gasteiger charge is -2.40. The Hall–Kier alpha value is -1.80. The molecule has 8 heteroatoms. The smallest absolute Gasteiger partial charge is 0.222 e. The van der Waals surface area contributed by atoms with Crippen LogP contribution in [0.4, 0.5) is 11.8 Å². The minimum atomic E-state index is 0.344. The predicted molar refractivity (Wildman–Crippen MR) is 86.8 cm³/mol. The van der Waals surface area contributed by atoms with Crippen LogP contribution in [0.15, 0.2) is 34.6 Å². The number of rotatable bonds is 3. The molecule has 0 radical (unpaired) electrons. The van der Waals surface area contributed by atoms with Crippen molar-refractivity contribution in [3.63, 3.8) is 0 Å². The van der Waals surface area contributed by atoms with E-state index in [1.165, 1.54) is 0 Å². The first-order valence-corrected chi connectivity index (χ1v) is 8.14. The Labute approximate surface area is 133 Å². The maximum atomic E-state index is 4.41. The Morgan fingerprint density at radius 3 is 2.81 bits per heavy atom. The second kappa shape index (κ2) is 5.19. The summed E-state index contributed by atoms with van der Waals surface area (Å²) in [7, 11) is 0. The van der Waals surface area contributed by atoms with Crippen molar-refractivity contribution in [2.45, 2.75) is 6.04 Å². The van der Waals surface area contributed by atoms with Crippen LogP contribution in [-0.2, 0) is 0 Å². The third-order valence-corrected chi connectivity index (χ3v) is 4.67. The van der Waals surface area contributed by atoms with E-state index in [0.717, 1.165) is 33.6 Å². The number of nitrogens with zero attached hydrogens (tertiary/aromatic N) is 5. The molecule has 1 N–H and O–H groups in total. The summed E-state index contributed by atoms with van der Waals surface area (Å²) in [6, 6.07) is 2.37. The lowest BCUT2D eigenvalue weighted by atomic mass is 10.1. The lowest BCUT2D eigenvalue weighted by molar-refractivity contribution is 0.543. The van der Waals surface area contributed by atoms with Gasteiger partial charge in [0.25, 0.3) is 0 Å². The molecule has 1 fully saturated rings. The van der Waals surface area contributed by atoms with E-state index in [1.54, 1.807) is 30.1 Å². The van der Waals surface area contributed by atoms with Gasteiger partial charge in [0.2, 0.25) is 5.95 Å². The van der Waals surface area contributed by atoms with Gasteiger partial charge in [0, 0.05) is 25.5 Å². The van der Waals surface area contributed by atoms with Gasteiger partial charge < -0.3 is 10.2 Å². The summed E-state index contributed by atoms with van der Waals surface area (Å²) in [5.41, 5.74) is 1.01. The second-order valence-electron chi connectivity index (χ2n) is 4.80. The van der Waals surface area contributed by atoms with Crippen LogP contribution in [-0.4, -0.2) is 39.1 Å². The highest BCUT2D eigenvalue weighted by Gasteiger charge is 2.29. The van der Waals surface area contributed by atoms with Gasteiger partial charge in [-0.15, -0.1) is 11.3 Å². The molecule has 3 aromatic rings. The highest BCUT2D eigenvalue weighted by Crippen LogP contribution is 2.30. The van der Waals surface area contributed by atoms with Crippen molar-refractivity contribution in [2.75, 3.05) is 23.3 Å². The van der Waals surface area contributed by atoms with Crippen LogP contribution >= 0.6 is 27.3 Å². The fourth-order valence-electron chi connectivity index (χ4n) is 2.31. The van der Waals surface area contributed by atoms with Gasteiger partial charge in [-0.25, -0.2) is 19.9 Å². The van der Waals surface area contributed by atoms with Crippen LogP contribution in [0.25, 0.3) is 10.2 Å². The van der Waals surface area contributed by atoms with Gasteiger partial charge in [-0.2, -0.15) is 0 Å². The van der Waals surface area contributed by atoms with Gasteiger partial charge in [-0.3, -0.25) is 0 Å². The molecule has 0 atom stereocenters. The molecule has 4 rings (SSSR count). The van der Waals surface area contributed by atoms with Crippen LogP contribution in [0.5, 0.6) is 0 Å². The fourth-order valence-corrected chi connectivity index (χ4v) is 3.38. The van der Waals surface area contributed by atoms with Gasteiger partial charge in [0.15, 0.2) is 0 Å². The standard InChI is InChI=1S/C13H11BrN6S/c14-8-3-15-13(16-4-8)19-9-5-20(6-9)12-11-10(1-2-21-11)17-7-18-12/h1-4,7,9H,5-6H2,(H,15,16,19). The van der Waals surface area contributed by atoms with Crippen molar-refractivity contribution in [2.24, 2.45) is 0 Å². The van der Waals surface area contributed by atoms with Crippen molar-refractivity contribution in [3.8, 4) is 0 Å². The molecule has 21 heavy (non-hydrogen) atoms. The molecule has 4 heterocycles. The van der Waals surface area contributed by atoms with E-state index in [-0.39, 0.29) is 0 Å². The SMILES string of the molecule is Brc1cnc(NC2CN(c3ncnc4ccsc34)C2)nc1. The third kappa shape index (κ3) is 2.44. The predicted octanol–water partition coefficient (Wildman–Crippen LogP) is 2.54. The van der Waals surface area contributed by atoms with E-state index in [1.807, 2.05) is 11.4 Å². The van der Waals surface area contributed by atoms with Crippen molar-refractivity contribution < 1.29 is 0 Å². The molecule has 0 spiro atoms. The summed E-state index contributed by atoms with van der Waals surface area (Å²) >= 11 is 5.01. The van der Waals surface area contributed by atoms with Gasteiger partial charge in [-0.05, 0) is 27.4 Å². The van der Waals surface area contributed by atoms with E-state index in [2.05, 4.69) is 46.1 Å². The Morgan fingerprint density at radius 2 is 2.00 bits per heavy atom. The Bertz CT molecular complexity index is 768. The maximum absolute atomic E-state index is 4.41. The third-order valence-electron chi connectivity index (χ3n) is 3.36. The number of hydrogen-bond donors (Lipinski definition) is 1. The molecule has 0 bridgehead atoms. The maximum Gasteiger partial charge on any atom is 0.222 e. The first kappa shape index (κ1) is 12.9. The van der Waals surface area contributed by atoms with Crippen LogP contribution in [0.1, 0.15) is 0 Å². The summed E-state index contributed by atoms with van der Waals surface area (Å²) in [4.78, 5) is 19.4. The van der Waals surface area contributed by atoms with E-state index in [4.69, 9.17) is 0 Å². The van der Waals surface area contributed by atoms with Gasteiger partial charge >= 0.3 is 0 Å². The molecule has 1 saturated heterocycles.